The van der Waals surface area contributed by atoms with E-state index in [-0.39, 0.29) is 11.8 Å². The summed E-state index contributed by atoms with van der Waals surface area (Å²) in [5.41, 5.74) is 1.95. The number of nitrogens with zero attached hydrogens (tertiary/aromatic N) is 2. The Labute approximate surface area is 178 Å². The molecule has 30 heavy (non-hydrogen) atoms. The standard InChI is InChI=1S/C23H18ClN3O3/c1-29-19-10-6-5-9-18(19)21(28)25-20(15-11-13-17(24)14-12-15)23-27-26-22(30-23)16-7-3-2-4-8-16/h2-14,20H,1H3,(H,25,28)/t20-/m1/s1. The van der Waals surface area contributed by atoms with Crippen LogP contribution in [0.1, 0.15) is 27.9 Å². The molecule has 1 amide bonds. The minimum atomic E-state index is -0.662. The number of amides is 1. The summed E-state index contributed by atoms with van der Waals surface area (Å²) in [7, 11) is 1.52. The molecule has 1 aromatic heterocycles. The Bertz CT molecular complexity index is 1140. The average Bonchev–Trinajstić information content (AvgIpc) is 3.28. The molecule has 0 unspecified atom stereocenters. The van der Waals surface area contributed by atoms with Crippen molar-refractivity contribution >= 4 is 17.5 Å². The van der Waals surface area contributed by atoms with Crippen LogP contribution in [0.25, 0.3) is 11.5 Å². The summed E-state index contributed by atoms with van der Waals surface area (Å²) in [6, 6.07) is 22.9. The molecule has 0 spiro atoms. The molecule has 4 rings (SSSR count). The predicted molar refractivity (Wildman–Crippen MR) is 113 cm³/mol. The van der Waals surface area contributed by atoms with Gasteiger partial charge in [0, 0.05) is 10.6 Å². The lowest BCUT2D eigenvalue weighted by molar-refractivity contribution is 0.0935. The van der Waals surface area contributed by atoms with Crippen molar-refractivity contribution in [2.75, 3.05) is 7.11 Å². The Morgan fingerprint density at radius 1 is 0.967 bits per heavy atom. The van der Waals surface area contributed by atoms with E-state index in [0.717, 1.165) is 11.1 Å². The van der Waals surface area contributed by atoms with Gasteiger partial charge in [0.25, 0.3) is 5.91 Å². The van der Waals surface area contributed by atoms with E-state index >= 15 is 0 Å². The maximum Gasteiger partial charge on any atom is 0.255 e. The number of carbonyl (C=O) groups is 1. The van der Waals surface area contributed by atoms with Gasteiger partial charge in [-0.1, -0.05) is 54.1 Å². The third-order valence-electron chi connectivity index (χ3n) is 4.54. The van der Waals surface area contributed by atoms with Crippen molar-refractivity contribution in [3.05, 3.63) is 101 Å². The van der Waals surface area contributed by atoms with Gasteiger partial charge in [-0.3, -0.25) is 4.79 Å². The maximum atomic E-state index is 13.0. The zero-order valence-corrected chi connectivity index (χ0v) is 16.8. The fourth-order valence-electron chi connectivity index (χ4n) is 3.03. The number of halogens is 1. The molecule has 0 bridgehead atoms. The first-order chi connectivity index (χ1) is 14.7. The molecular formula is C23H18ClN3O3. The Kier molecular flexibility index (Phi) is 5.77. The van der Waals surface area contributed by atoms with Crippen molar-refractivity contribution in [2.24, 2.45) is 0 Å². The highest BCUT2D eigenvalue weighted by molar-refractivity contribution is 6.30. The highest BCUT2D eigenvalue weighted by atomic mass is 35.5. The quantitative estimate of drug-likeness (QED) is 0.480. The second kappa shape index (κ2) is 8.80. The van der Waals surface area contributed by atoms with E-state index in [0.29, 0.717) is 22.2 Å². The summed E-state index contributed by atoms with van der Waals surface area (Å²) < 4.78 is 11.2. The van der Waals surface area contributed by atoms with Crippen molar-refractivity contribution in [3.63, 3.8) is 0 Å². The second-order valence-electron chi connectivity index (χ2n) is 6.47. The van der Waals surface area contributed by atoms with E-state index in [9.17, 15) is 4.79 Å². The highest BCUT2D eigenvalue weighted by Crippen LogP contribution is 2.27. The van der Waals surface area contributed by atoms with Crippen LogP contribution in [-0.4, -0.2) is 23.2 Å². The number of benzene rings is 3. The second-order valence-corrected chi connectivity index (χ2v) is 6.91. The van der Waals surface area contributed by atoms with Gasteiger partial charge in [-0.25, -0.2) is 0 Å². The van der Waals surface area contributed by atoms with Crippen LogP contribution in [0, 0.1) is 0 Å². The molecule has 0 saturated carbocycles. The van der Waals surface area contributed by atoms with Gasteiger partial charge in [-0.15, -0.1) is 10.2 Å². The monoisotopic (exact) mass is 419 g/mol. The summed E-state index contributed by atoms with van der Waals surface area (Å²) in [6.45, 7) is 0. The lowest BCUT2D eigenvalue weighted by Gasteiger charge is -2.17. The first-order valence-electron chi connectivity index (χ1n) is 9.24. The largest absolute Gasteiger partial charge is 0.496 e. The number of carbonyl (C=O) groups excluding carboxylic acids is 1. The SMILES string of the molecule is COc1ccccc1C(=O)N[C@H](c1ccc(Cl)cc1)c1nnc(-c2ccccc2)o1. The molecule has 0 aliphatic heterocycles. The van der Waals surface area contributed by atoms with Gasteiger partial charge in [0.15, 0.2) is 0 Å². The summed E-state index contributed by atoms with van der Waals surface area (Å²) in [4.78, 5) is 13.0. The van der Waals surface area contributed by atoms with Crippen molar-refractivity contribution in [3.8, 4) is 17.2 Å². The van der Waals surface area contributed by atoms with Crippen LogP contribution in [0.3, 0.4) is 0 Å². The summed E-state index contributed by atoms with van der Waals surface area (Å²) in [6.07, 6.45) is 0. The molecule has 4 aromatic rings. The van der Waals surface area contributed by atoms with Gasteiger partial charge >= 0.3 is 0 Å². The molecule has 3 aromatic carbocycles. The van der Waals surface area contributed by atoms with E-state index in [1.165, 1.54) is 7.11 Å². The van der Waals surface area contributed by atoms with E-state index in [1.54, 1.807) is 36.4 Å². The Morgan fingerprint density at radius 2 is 1.67 bits per heavy atom. The van der Waals surface area contributed by atoms with Gasteiger partial charge < -0.3 is 14.5 Å². The Hall–Kier alpha value is -3.64. The lowest BCUT2D eigenvalue weighted by Crippen LogP contribution is -2.30. The molecule has 0 aliphatic carbocycles. The Balaban J connectivity index is 1.70. The third-order valence-corrected chi connectivity index (χ3v) is 4.79. The number of rotatable bonds is 6. The smallest absolute Gasteiger partial charge is 0.255 e. The van der Waals surface area contributed by atoms with Crippen LogP contribution in [0.15, 0.2) is 83.3 Å². The normalized spacial score (nSPS) is 11.7. The number of ether oxygens (including phenoxy) is 1. The van der Waals surface area contributed by atoms with Crippen LogP contribution in [0.5, 0.6) is 5.75 Å². The van der Waals surface area contributed by atoms with Crippen LogP contribution in [0.4, 0.5) is 0 Å². The minimum Gasteiger partial charge on any atom is -0.496 e. The van der Waals surface area contributed by atoms with Gasteiger partial charge in [0.1, 0.15) is 11.8 Å². The van der Waals surface area contributed by atoms with Crippen molar-refractivity contribution in [1.29, 1.82) is 0 Å². The molecule has 0 fully saturated rings. The molecule has 0 saturated heterocycles. The Morgan fingerprint density at radius 3 is 2.40 bits per heavy atom. The van der Waals surface area contributed by atoms with Crippen molar-refractivity contribution < 1.29 is 13.9 Å². The molecule has 1 atom stereocenters. The molecule has 1 heterocycles. The zero-order chi connectivity index (χ0) is 20.9. The first kappa shape index (κ1) is 19.7. The zero-order valence-electron chi connectivity index (χ0n) is 16.1. The highest BCUT2D eigenvalue weighted by Gasteiger charge is 2.25. The van der Waals surface area contributed by atoms with Gasteiger partial charge in [-0.05, 0) is 42.0 Å². The predicted octanol–water partition coefficient (Wildman–Crippen LogP) is 4.92. The lowest BCUT2D eigenvalue weighted by atomic mass is 10.1. The number of hydrogen-bond donors (Lipinski definition) is 1. The van der Waals surface area contributed by atoms with Gasteiger partial charge in [0.05, 0.1) is 12.7 Å². The molecule has 6 nitrogen and oxygen atoms in total. The average molecular weight is 420 g/mol. The van der Waals surface area contributed by atoms with Crippen molar-refractivity contribution in [2.45, 2.75) is 6.04 Å². The van der Waals surface area contributed by atoms with Crippen LogP contribution in [-0.2, 0) is 0 Å². The molecule has 7 heteroatoms. The summed E-state index contributed by atoms with van der Waals surface area (Å²) in [5.74, 6) is 0.780. The number of hydrogen-bond acceptors (Lipinski definition) is 5. The van der Waals surface area contributed by atoms with Gasteiger partial charge in [-0.2, -0.15) is 0 Å². The van der Waals surface area contributed by atoms with Crippen molar-refractivity contribution in [1.82, 2.24) is 15.5 Å². The number of methoxy groups -OCH3 is 1. The summed E-state index contributed by atoms with van der Waals surface area (Å²) in [5, 5.41) is 11.9. The van der Waals surface area contributed by atoms with Crippen LogP contribution >= 0.6 is 11.6 Å². The molecule has 1 N–H and O–H groups in total. The van der Waals surface area contributed by atoms with E-state index < -0.39 is 6.04 Å². The molecular weight excluding hydrogens is 402 g/mol. The minimum absolute atomic E-state index is 0.263. The van der Waals surface area contributed by atoms with E-state index in [1.807, 2.05) is 42.5 Å². The van der Waals surface area contributed by atoms with Crippen LogP contribution < -0.4 is 10.1 Å². The topological polar surface area (TPSA) is 77.2 Å². The van der Waals surface area contributed by atoms with E-state index in [4.69, 9.17) is 20.8 Å². The maximum absolute atomic E-state index is 13.0. The fourth-order valence-corrected chi connectivity index (χ4v) is 3.16. The molecule has 0 radical (unpaired) electrons. The molecule has 150 valence electrons. The molecule has 0 aliphatic rings. The third kappa shape index (κ3) is 4.18. The van der Waals surface area contributed by atoms with Gasteiger partial charge in [0.2, 0.25) is 11.8 Å². The summed E-state index contributed by atoms with van der Waals surface area (Å²) >= 11 is 6.03. The fraction of sp³-hybridized carbons (Fsp3) is 0.0870. The van der Waals surface area contributed by atoms with E-state index in [2.05, 4.69) is 15.5 Å². The number of nitrogens with one attached hydrogen (secondary N) is 1. The number of para-hydroxylation sites is 1. The first-order valence-corrected chi connectivity index (χ1v) is 9.61. The number of aromatic nitrogens is 2. The van der Waals surface area contributed by atoms with Crippen LogP contribution in [0.2, 0.25) is 5.02 Å².